The molecule has 5 nitrogen and oxygen atoms in total. The first kappa shape index (κ1) is 16.0. The summed E-state index contributed by atoms with van der Waals surface area (Å²) in [5.74, 6) is -0.121. The van der Waals surface area contributed by atoms with Crippen molar-refractivity contribution in [2.75, 3.05) is 11.6 Å². The topological polar surface area (TPSA) is 72.0 Å². The Morgan fingerprint density at radius 2 is 2.05 bits per heavy atom. The lowest BCUT2D eigenvalue weighted by Crippen LogP contribution is -2.34. The lowest BCUT2D eigenvalue weighted by molar-refractivity contribution is -0.141. The maximum Gasteiger partial charge on any atom is 0.433 e. The summed E-state index contributed by atoms with van der Waals surface area (Å²) in [4.78, 5) is 7.19. The highest BCUT2D eigenvalue weighted by atomic mass is 32.2. The summed E-state index contributed by atoms with van der Waals surface area (Å²) in [5.41, 5.74) is -1.02. The fourth-order valence-electron chi connectivity index (χ4n) is 2.43. The van der Waals surface area contributed by atoms with Gasteiger partial charge in [-0.25, -0.2) is 18.4 Å². The van der Waals surface area contributed by atoms with Crippen LogP contribution in [0.15, 0.2) is 12.3 Å². The smallest absolute Gasteiger partial charge is 0.351 e. The molecule has 1 aromatic rings. The van der Waals surface area contributed by atoms with Gasteiger partial charge in [-0.15, -0.1) is 0 Å². The Kier molecular flexibility index (Phi) is 4.40. The number of hydrogen-bond donors (Lipinski definition) is 1. The standard InChI is InChI=1S/C12H16F3N3O2S/c1-21(19,20)9-4-2-3-8(7-9)17-11-16-6-5-10(18-11)12(13,14)15/h5-6,8-9H,2-4,7H2,1H3,(H,16,17,18)/t8-,9-/m0/s1. The van der Waals surface area contributed by atoms with Crippen LogP contribution in [0.2, 0.25) is 0 Å². The van der Waals surface area contributed by atoms with Crippen molar-refractivity contribution in [2.24, 2.45) is 0 Å². The predicted molar refractivity (Wildman–Crippen MR) is 71.5 cm³/mol. The maximum atomic E-state index is 12.6. The Labute approximate surface area is 120 Å². The summed E-state index contributed by atoms with van der Waals surface area (Å²) in [6.45, 7) is 0. The first-order valence-corrected chi connectivity index (χ1v) is 8.47. The zero-order chi connectivity index (χ0) is 15.7. The van der Waals surface area contributed by atoms with Crippen molar-refractivity contribution in [2.45, 2.75) is 43.2 Å². The zero-order valence-corrected chi connectivity index (χ0v) is 12.2. The molecule has 1 aliphatic rings. The van der Waals surface area contributed by atoms with Crippen molar-refractivity contribution in [1.82, 2.24) is 9.97 Å². The Hall–Kier alpha value is -1.38. The maximum absolute atomic E-state index is 12.6. The van der Waals surface area contributed by atoms with E-state index in [0.717, 1.165) is 12.3 Å². The number of sulfone groups is 1. The fourth-order valence-corrected chi connectivity index (χ4v) is 3.61. The van der Waals surface area contributed by atoms with E-state index >= 15 is 0 Å². The van der Waals surface area contributed by atoms with Gasteiger partial charge in [0.25, 0.3) is 0 Å². The van der Waals surface area contributed by atoms with Crippen LogP contribution in [0.25, 0.3) is 0 Å². The molecule has 0 saturated heterocycles. The second kappa shape index (κ2) is 5.78. The Bertz CT molecular complexity index is 604. The van der Waals surface area contributed by atoms with Gasteiger partial charge in [-0.05, 0) is 25.3 Å². The number of anilines is 1. The van der Waals surface area contributed by atoms with Crippen molar-refractivity contribution in [3.05, 3.63) is 18.0 Å². The van der Waals surface area contributed by atoms with E-state index in [9.17, 15) is 21.6 Å². The third-order valence-electron chi connectivity index (χ3n) is 3.51. The summed E-state index contributed by atoms with van der Waals surface area (Å²) in [7, 11) is -3.14. The quantitative estimate of drug-likeness (QED) is 0.924. The van der Waals surface area contributed by atoms with E-state index in [4.69, 9.17) is 0 Å². The summed E-state index contributed by atoms with van der Waals surface area (Å²) in [5, 5.41) is 2.35. The van der Waals surface area contributed by atoms with Gasteiger partial charge in [0.15, 0.2) is 0 Å². The molecule has 2 atom stereocenters. The molecule has 2 rings (SSSR count). The van der Waals surface area contributed by atoms with Gasteiger partial charge in [0.2, 0.25) is 5.95 Å². The van der Waals surface area contributed by atoms with E-state index in [1.165, 1.54) is 6.26 Å². The zero-order valence-electron chi connectivity index (χ0n) is 11.4. The molecule has 1 aromatic heterocycles. The minimum Gasteiger partial charge on any atom is -0.351 e. The van der Waals surface area contributed by atoms with Crippen molar-refractivity contribution in [3.8, 4) is 0 Å². The molecule has 1 saturated carbocycles. The number of hydrogen-bond acceptors (Lipinski definition) is 5. The summed E-state index contributed by atoms with van der Waals surface area (Å²) >= 11 is 0. The molecule has 1 fully saturated rings. The molecule has 0 aliphatic heterocycles. The van der Waals surface area contributed by atoms with Crippen LogP contribution in [0.4, 0.5) is 19.1 Å². The minimum atomic E-state index is -4.53. The number of aromatic nitrogens is 2. The Balaban J connectivity index is 2.08. The third kappa shape index (κ3) is 4.29. The van der Waals surface area contributed by atoms with E-state index in [1.807, 2.05) is 0 Å². The first-order valence-electron chi connectivity index (χ1n) is 6.52. The van der Waals surface area contributed by atoms with E-state index in [2.05, 4.69) is 15.3 Å². The summed E-state index contributed by atoms with van der Waals surface area (Å²) in [6.07, 6.45) is 0.0238. The highest BCUT2D eigenvalue weighted by molar-refractivity contribution is 7.91. The Morgan fingerprint density at radius 3 is 2.67 bits per heavy atom. The summed E-state index contributed by atoms with van der Waals surface area (Å²) in [6, 6.07) is 0.563. The molecule has 0 aromatic carbocycles. The second-order valence-electron chi connectivity index (χ2n) is 5.22. The van der Waals surface area contributed by atoms with Crippen LogP contribution in [0.3, 0.4) is 0 Å². The largest absolute Gasteiger partial charge is 0.433 e. The van der Waals surface area contributed by atoms with Gasteiger partial charge in [0.05, 0.1) is 5.25 Å². The second-order valence-corrected chi connectivity index (χ2v) is 7.55. The van der Waals surface area contributed by atoms with Gasteiger partial charge < -0.3 is 5.32 Å². The average Bonchev–Trinajstić information content (AvgIpc) is 2.37. The van der Waals surface area contributed by atoms with E-state index < -0.39 is 27.0 Å². The van der Waals surface area contributed by atoms with E-state index in [1.54, 1.807) is 0 Å². The molecular formula is C12H16F3N3O2S. The van der Waals surface area contributed by atoms with Crippen molar-refractivity contribution >= 4 is 15.8 Å². The van der Waals surface area contributed by atoms with Crippen LogP contribution in [-0.2, 0) is 16.0 Å². The van der Waals surface area contributed by atoms with Crippen LogP contribution in [0, 0.1) is 0 Å². The van der Waals surface area contributed by atoms with Crippen molar-refractivity contribution in [3.63, 3.8) is 0 Å². The van der Waals surface area contributed by atoms with Crippen LogP contribution in [-0.4, -0.2) is 35.9 Å². The average molecular weight is 323 g/mol. The molecule has 0 unspecified atom stereocenters. The van der Waals surface area contributed by atoms with Crippen molar-refractivity contribution < 1.29 is 21.6 Å². The molecular weight excluding hydrogens is 307 g/mol. The van der Waals surface area contributed by atoms with Crippen molar-refractivity contribution in [1.29, 1.82) is 0 Å². The number of alkyl halides is 3. The van der Waals surface area contributed by atoms with Gasteiger partial charge >= 0.3 is 6.18 Å². The normalized spacial score (nSPS) is 23.8. The SMILES string of the molecule is CS(=O)(=O)[C@H]1CCC[C@H](Nc2nccc(C(F)(F)F)n2)C1. The van der Waals surface area contributed by atoms with Crippen LogP contribution >= 0.6 is 0 Å². The van der Waals surface area contributed by atoms with Gasteiger partial charge in [0.1, 0.15) is 15.5 Å². The predicted octanol–water partition coefficient (Wildman–Crippen LogP) is 2.26. The molecule has 0 radical (unpaired) electrons. The van der Waals surface area contributed by atoms with Gasteiger partial charge in [-0.1, -0.05) is 6.42 Å². The van der Waals surface area contributed by atoms with Gasteiger partial charge in [-0.2, -0.15) is 13.2 Å². The lowest BCUT2D eigenvalue weighted by atomic mass is 9.95. The highest BCUT2D eigenvalue weighted by Crippen LogP contribution is 2.29. The third-order valence-corrected chi connectivity index (χ3v) is 5.15. The molecule has 0 spiro atoms. The number of rotatable bonds is 3. The molecule has 21 heavy (non-hydrogen) atoms. The molecule has 118 valence electrons. The molecule has 1 aliphatic carbocycles. The summed E-state index contributed by atoms with van der Waals surface area (Å²) < 4.78 is 60.8. The number of nitrogens with one attached hydrogen (secondary N) is 1. The molecule has 0 bridgehead atoms. The number of halogens is 3. The Morgan fingerprint density at radius 1 is 1.33 bits per heavy atom. The molecule has 1 N–H and O–H groups in total. The van der Waals surface area contributed by atoms with Gasteiger partial charge in [-0.3, -0.25) is 0 Å². The molecule has 0 amide bonds. The lowest BCUT2D eigenvalue weighted by Gasteiger charge is -2.28. The number of nitrogens with zero attached hydrogens (tertiary/aromatic N) is 2. The molecule has 9 heteroatoms. The van der Waals surface area contributed by atoms with Crippen LogP contribution in [0.5, 0.6) is 0 Å². The van der Waals surface area contributed by atoms with Crippen LogP contribution in [0.1, 0.15) is 31.4 Å². The first-order chi connectivity index (χ1) is 9.66. The highest BCUT2D eigenvalue weighted by Gasteiger charge is 2.33. The fraction of sp³-hybridized carbons (Fsp3) is 0.667. The monoisotopic (exact) mass is 323 g/mol. The van der Waals surface area contributed by atoms with Crippen LogP contribution < -0.4 is 5.32 Å². The molecule has 1 heterocycles. The van der Waals surface area contributed by atoms with Gasteiger partial charge in [0, 0.05) is 18.5 Å². The van der Waals surface area contributed by atoms with E-state index in [-0.39, 0.29) is 12.0 Å². The van der Waals surface area contributed by atoms with E-state index in [0.29, 0.717) is 25.7 Å². The minimum absolute atomic E-state index is 0.121.